The molecule has 0 aromatic heterocycles. The van der Waals surface area contributed by atoms with Crippen LogP contribution >= 0.6 is 0 Å². The maximum absolute atomic E-state index is 13.8. The lowest BCUT2D eigenvalue weighted by Gasteiger charge is -2.26. The Kier molecular flexibility index (Phi) is 13.7. The molecule has 0 radical (unpaired) electrons. The zero-order valence-corrected chi connectivity index (χ0v) is 28.3. The number of ketones is 2. The number of methoxy groups -OCH3 is 1. The molecule has 2 aromatic rings. The topological polar surface area (TPSA) is 127 Å². The molecular formula is C37H51N3O7. The van der Waals surface area contributed by atoms with Crippen molar-refractivity contribution in [3.05, 3.63) is 71.3 Å². The molecule has 4 rings (SSSR count). The molecule has 47 heavy (non-hydrogen) atoms. The highest BCUT2D eigenvalue weighted by atomic mass is 16.6. The molecule has 10 heteroatoms. The van der Waals surface area contributed by atoms with E-state index >= 15 is 0 Å². The maximum Gasteiger partial charge on any atom is 0.226 e. The molecule has 2 heterocycles. The standard InChI is InChI=1S/C37H51N3O7/c1-26(2)20-32(35(43)37(3)25-47-37)39-36(44)30(24-45-4)22-33(41)31(15-14-27-8-6-5-7-9-27)38-34(42)21-28-10-12-29(13-11-28)23-40-16-18-46-19-17-40/h5-13,26,30-32H,14-25H2,1-4H3,(H,38,42)(H,39,44). The number of Topliss-reactive ketones (excluding diaryl/α,β-unsaturated/α-hetero) is 2. The van der Waals surface area contributed by atoms with Crippen molar-refractivity contribution in [1.29, 1.82) is 0 Å². The quantitative estimate of drug-likeness (QED) is 0.222. The highest BCUT2D eigenvalue weighted by Crippen LogP contribution is 2.30. The van der Waals surface area contributed by atoms with Gasteiger partial charge in [-0.05, 0) is 48.8 Å². The average molecular weight is 650 g/mol. The van der Waals surface area contributed by atoms with Crippen LogP contribution in [0.3, 0.4) is 0 Å². The van der Waals surface area contributed by atoms with Crippen LogP contribution in [0, 0.1) is 11.8 Å². The van der Waals surface area contributed by atoms with Crippen molar-refractivity contribution in [2.45, 2.75) is 77.1 Å². The number of nitrogens with zero attached hydrogens (tertiary/aromatic N) is 1. The molecule has 2 aliphatic heterocycles. The second-order valence-corrected chi connectivity index (χ2v) is 13.4. The van der Waals surface area contributed by atoms with E-state index in [1.807, 2.05) is 68.4 Å². The summed E-state index contributed by atoms with van der Waals surface area (Å²) in [6.07, 6.45) is 1.43. The molecule has 256 valence electrons. The van der Waals surface area contributed by atoms with Crippen molar-refractivity contribution in [1.82, 2.24) is 15.5 Å². The van der Waals surface area contributed by atoms with E-state index in [-0.39, 0.29) is 42.8 Å². The van der Waals surface area contributed by atoms with Crippen LogP contribution in [0.5, 0.6) is 0 Å². The van der Waals surface area contributed by atoms with Gasteiger partial charge in [-0.3, -0.25) is 24.1 Å². The first kappa shape index (κ1) is 36.4. The highest BCUT2D eigenvalue weighted by Gasteiger charge is 2.50. The number of rotatable bonds is 19. The Hall–Kier alpha value is -3.44. The van der Waals surface area contributed by atoms with Gasteiger partial charge in [-0.2, -0.15) is 0 Å². The van der Waals surface area contributed by atoms with E-state index in [0.29, 0.717) is 25.9 Å². The Bertz CT molecular complexity index is 1320. The number of hydrogen-bond donors (Lipinski definition) is 2. The molecule has 2 aromatic carbocycles. The number of carbonyl (C=O) groups excluding carboxylic acids is 4. The van der Waals surface area contributed by atoms with Gasteiger partial charge in [0, 0.05) is 33.2 Å². The van der Waals surface area contributed by atoms with Gasteiger partial charge in [0.2, 0.25) is 11.8 Å². The third-order valence-electron chi connectivity index (χ3n) is 8.81. The largest absolute Gasteiger partial charge is 0.384 e. The van der Waals surface area contributed by atoms with Crippen molar-refractivity contribution in [2.75, 3.05) is 46.6 Å². The monoisotopic (exact) mass is 649 g/mol. The van der Waals surface area contributed by atoms with Crippen LogP contribution in [0.25, 0.3) is 0 Å². The van der Waals surface area contributed by atoms with Crippen LogP contribution in [0.2, 0.25) is 0 Å². The number of carbonyl (C=O) groups is 4. The molecule has 10 nitrogen and oxygen atoms in total. The Morgan fingerprint density at radius 2 is 1.57 bits per heavy atom. The second kappa shape index (κ2) is 17.6. The number of nitrogens with one attached hydrogen (secondary N) is 2. The number of amides is 2. The molecule has 2 saturated heterocycles. The first-order valence-electron chi connectivity index (χ1n) is 16.8. The number of hydrogen-bond acceptors (Lipinski definition) is 8. The molecule has 0 bridgehead atoms. The Morgan fingerprint density at radius 1 is 0.915 bits per heavy atom. The van der Waals surface area contributed by atoms with Crippen molar-refractivity contribution in [2.24, 2.45) is 11.8 Å². The lowest BCUT2D eigenvalue weighted by atomic mass is 9.91. The van der Waals surface area contributed by atoms with E-state index < -0.39 is 29.5 Å². The third-order valence-corrected chi connectivity index (χ3v) is 8.81. The minimum absolute atomic E-state index is 0.00405. The lowest BCUT2D eigenvalue weighted by Crippen LogP contribution is -2.50. The van der Waals surface area contributed by atoms with Crippen molar-refractivity contribution >= 4 is 23.4 Å². The van der Waals surface area contributed by atoms with E-state index in [9.17, 15) is 19.2 Å². The van der Waals surface area contributed by atoms with E-state index in [4.69, 9.17) is 14.2 Å². The molecule has 0 spiro atoms. The predicted octanol–water partition coefficient (Wildman–Crippen LogP) is 3.29. The summed E-state index contributed by atoms with van der Waals surface area (Å²) in [6, 6.07) is 16.3. The molecule has 2 fully saturated rings. The number of aryl methyl sites for hydroxylation is 1. The molecule has 4 atom stereocenters. The maximum atomic E-state index is 13.8. The summed E-state index contributed by atoms with van der Waals surface area (Å²) in [6.45, 7) is 10.2. The predicted molar refractivity (Wildman–Crippen MR) is 179 cm³/mol. The van der Waals surface area contributed by atoms with Gasteiger partial charge >= 0.3 is 0 Å². The first-order valence-corrected chi connectivity index (χ1v) is 16.8. The highest BCUT2D eigenvalue weighted by molar-refractivity contribution is 5.98. The number of benzene rings is 2. The Balaban J connectivity index is 1.40. The van der Waals surface area contributed by atoms with Crippen molar-refractivity contribution in [3.8, 4) is 0 Å². The van der Waals surface area contributed by atoms with Crippen LogP contribution in [0.15, 0.2) is 54.6 Å². The summed E-state index contributed by atoms with van der Waals surface area (Å²) in [5.41, 5.74) is 2.20. The van der Waals surface area contributed by atoms with Gasteiger partial charge < -0.3 is 24.8 Å². The number of ether oxygens (including phenoxy) is 3. The summed E-state index contributed by atoms with van der Waals surface area (Å²) >= 11 is 0. The van der Waals surface area contributed by atoms with Gasteiger partial charge in [-0.1, -0.05) is 68.4 Å². The molecule has 2 amide bonds. The second-order valence-electron chi connectivity index (χ2n) is 13.4. The fraction of sp³-hybridized carbons (Fsp3) is 0.568. The van der Waals surface area contributed by atoms with Crippen LogP contribution in [0.4, 0.5) is 0 Å². The smallest absolute Gasteiger partial charge is 0.226 e. The minimum atomic E-state index is -0.880. The summed E-state index contributed by atoms with van der Waals surface area (Å²) in [5, 5.41) is 5.85. The third kappa shape index (κ3) is 11.6. The van der Waals surface area contributed by atoms with E-state index in [0.717, 1.165) is 44.0 Å². The molecule has 2 aliphatic rings. The van der Waals surface area contributed by atoms with E-state index in [1.54, 1.807) is 6.92 Å². The molecule has 4 unspecified atom stereocenters. The fourth-order valence-corrected chi connectivity index (χ4v) is 5.91. The van der Waals surface area contributed by atoms with Crippen molar-refractivity contribution in [3.63, 3.8) is 0 Å². The molecule has 2 N–H and O–H groups in total. The van der Waals surface area contributed by atoms with Gasteiger partial charge in [0.25, 0.3) is 0 Å². The van der Waals surface area contributed by atoms with Crippen LogP contribution < -0.4 is 10.6 Å². The Morgan fingerprint density at radius 3 is 2.19 bits per heavy atom. The molecule has 0 aliphatic carbocycles. The van der Waals surface area contributed by atoms with Crippen molar-refractivity contribution < 1.29 is 33.4 Å². The minimum Gasteiger partial charge on any atom is -0.384 e. The summed E-state index contributed by atoms with van der Waals surface area (Å²) in [7, 11) is 1.47. The van der Waals surface area contributed by atoms with Gasteiger partial charge in [-0.15, -0.1) is 0 Å². The van der Waals surface area contributed by atoms with Gasteiger partial charge in [0.05, 0.1) is 50.8 Å². The van der Waals surface area contributed by atoms with E-state index in [2.05, 4.69) is 15.5 Å². The first-order chi connectivity index (χ1) is 22.6. The SMILES string of the molecule is COCC(CC(=O)C(CCc1ccccc1)NC(=O)Cc1ccc(CN2CCOCC2)cc1)C(=O)NC(CC(C)C)C(=O)C1(C)CO1. The van der Waals surface area contributed by atoms with Crippen LogP contribution in [-0.2, 0) is 52.8 Å². The summed E-state index contributed by atoms with van der Waals surface area (Å²) < 4.78 is 16.1. The zero-order chi connectivity index (χ0) is 33.8. The van der Waals surface area contributed by atoms with E-state index in [1.165, 1.54) is 12.7 Å². The average Bonchev–Trinajstić information content (AvgIpc) is 3.81. The van der Waals surface area contributed by atoms with Gasteiger partial charge in [0.15, 0.2) is 11.6 Å². The van der Waals surface area contributed by atoms with Gasteiger partial charge in [0.1, 0.15) is 5.60 Å². The normalized spacial score (nSPS) is 19.9. The van der Waals surface area contributed by atoms with Crippen LogP contribution in [0.1, 0.15) is 56.7 Å². The Labute approximate surface area is 278 Å². The summed E-state index contributed by atoms with van der Waals surface area (Å²) in [4.78, 5) is 56.0. The fourth-order valence-electron chi connectivity index (χ4n) is 5.91. The summed E-state index contributed by atoms with van der Waals surface area (Å²) in [5.74, 6) is -1.76. The van der Waals surface area contributed by atoms with Gasteiger partial charge in [-0.25, -0.2) is 0 Å². The molecule has 0 saturated carbocycles. The van der Waals surface area contributed by atoms with Crippen LogP contribution in [-0.4, -0.2) is 92.6 Å². The zero-order valence-electron chi connectivity index (χ0n) is 28.3. The number of epoxide rings is 1. The lowest BCUT2D eigenvalue weighted by molar-refractivity contribution is -0.136. The molecular weight excluding hydrogens is 598 g/mol. The number of morpholine rings is 1.